The molecule has 0 aromatic rings. The zero-order chi connectivity index (χ0) is 11.4. The van der Waals surface area contributed by atoms with E-state index < -0.39 is 0 Å². The average Bonchev–Trinajstić information content (AvgIpc) is 2.87. The van der Waals surface area contributed by atoms with E-state index in [2.05, 4.69) is 5.32 Å². The van der Waals surface area contributed by atoms with Crippen molar-refractivity contribution in [1.82, 2.24) is 10.2 Å². The van der Waals surface area contributed by atoms with Gasteiger partial charge in [0.15, 0.2) is 0 Å². The second-order valence-electron chi connectivity index (χ2n) is 4.52. The van der Waals surface area contributed by atoms with Crippen molar-refractivity contribution in [3.63, 3.8) is 0 Å². The van der Waals surface area contributed by atoms with Gasteiger partial charge >= 0.3 is 0 Å². The number of carbonyl (C=O) groups is 2. The summed E-state index contributed by atoms with van der Waals surface area (Å²) in [5.74, 6) is 0.420. The highest BCUT2D eigenvalue weighted by Gasteiger charge is 2.22. The van der Waals surface area contributed by atoms with Gasteiger partial charge in [0.25, 0.3) is 11.8 Å². The highest BCUT2D eigenvalue weighted by molar-refractivity contribution is 6.12. The number of carbonyl (C=O) groups excluding carboxylic acids is 2. The zero-order valence-electron chi connectivity index (χ0n) is 9.45. The van der Waals surface area contributed by atoms with Crippen molar-refractivity contribution >= 4 is 11.8 Å². The lowest BCUT2D eigenvalue weighted by molar-refractivity contribution is -0.136. The molecule has 2 rings (SSSR count). The van der Waals surface area contributed by atoms with E-state index in [4.69, 9.17) is 0 Å². The molecule has 0 aromatic carbocycles. The number of rotatable bonds is 5. The van der Waals surface area contributed by atoms with E-state index in [1.807, 2.05) is 0 Å². The molecular weight excluding hydrogens is 204 g/mol. The summed E-state index contributed by atoms with van der Waals surface area (Å²) in [6.45, 7) is 2.21. The van der Waals surface area contributed by atoms with E-state index in [1.165, 1.54) is 42.7 Å². The molecule has 2 aliphatic rings. The van der Waals surface area contributed by atoms with Crippen LogP contribution in [0.1, 0.15) is 25.7 Å². The van der Waals surface area contributed by atoms with Crippen molar-refractivity contribution in [1.29, 1.82) is 0 Å². The van der Waals surface area contributed by atoms with E-state index >= 15 is 0 Å². The van der Waals surface area contributed by atoms with Gasteiger partial charge in [0, 0.05) is 25.2 Å². The summed E-state index contributed by atoms with van der Waals surface area (Å²) in [4.78, 5) is 23.7. The third kappa shape index (κ3) is 2.70. The van der Waals surface area contributed by atoms with Gasteiger partial charge in [0.05, 0.1) is 0 Å². The SMILES string of the molecule is O=C1C=CC(=O)N1CCNCC1CCCC1. The molecule has 0 atom stereocenters. The van der Waals surface area contributed by atoms with Crippen molar-refractivity contribution in [3.05, 3.63) is 12.2 Å². The van der Waals surface area contributed by atoms with Gasteiger partial charge in [-0.1, -0.05) is 12.8 Å². The van der Waals surface area contributed by atoms with Crippen molar-refractivity contribution in [2.75, 3.05) is 19.6 Å². The Morgan fingerprint density at radius 2 is 1.81 bits per heavy atom. The minimum Gasteiger partial charge on any atom is -0.315 e. The van der Waals surface area contributed by atoms with Crippen LogP contribution in [0.15, 0.2) is 12.2 Å². The summed E-state index contributed by atoms with van der Waals surface area (Å²) in [5.41, 5.74) is 0. The predicted molar refractivity (Wildman–Crippen MR) is 60.7 cm³/mol. The Morgan fingerprint density at radius 3 is 2.44 bits per heavy atom. The molecule has 0 unspecified atom stereocenters. The van der Waals surface area contributed by atoms with E-state index in [0.717, 1.165) is 12.5 Å². The Morgan fingerprint density at radius 1 is 1.19 bits per heavy atom. The van der Waals surface area contributed by atoms with Crippen LogP contribution in [0, 0.1) is 5.92 Å². The summed E-state index contributed by atoms with van der Waals surface area (Å²) >= 11 is 0. The molecule has 1 N–H and O–H groups in total. The van der Waals surface area contributed by atoms with Crippen molar-refractivity contribution in [3.8, 4) is 0 Å². The number of hydrogen-bond donors (Lipinski definition) is 1. The molecule has 1 aliphatic heterocycles. The van der Waals surface area contributed by atoms with Crippen molar-refractivity contribution in [2.24, 2.45) is 5.92 Å². The first-order chi connectivity index (χ1) is 7.77. The maximum atomic E-state index is 11.2. The third-order valence-electron chi connectivity index (χ3n) is 3.32. The van der Waals surface area contributed by atoms with Gasteiger partial charge in [-0.25, -0.2) is 0 Å². The Balaban J connectivity index is 1.61. The maximum absolute atomic E-state index is 11.2. The van der Waals surface area contributed by atoms with Crippen LogP contribution in [-0.4, -0.2) is 36.3 Å². The van der Waals surface area contributed by atoms with Gasteiger partial charge in [-0.05, 0) is 25.3 Å². The lowest BCUT2D eigenvalue weighted by atomic mass is 10.1. The van der Waals surface area contributed by atoms with E-state index in [1.54, 1.807) is 0 Å². The molecule has 2 amide bonds. The number of nitrogens with zero attached hydrogens (tertiary/aromatic N) is 1. The van der Waals surface area contributed by atoms with Crippen LogP contribution in [0.5, 0.6) is 0 Å². The third-order valence-corrected chi connectivity index (χ3v) is 3.32. The Bertz CT molecular complexity index is 288. The van der Waals surface area contributed by atoms with Gasteiger partial charge in [-0.2, -0.15) is 0 Å². The summed E-state index contributed by atoms with van der Waals surface area (Å²) < 4.78 is 0. The zero-order valence-corrected chi connectivity index (χ0v) is 9.45. The van der Waals surface area contributed by atoms with Crippen molar-refractivity contribution in [2.45, 2.75) is 25.7 Å². The molecule has 4 heteroatoms. The standard InChI is InChI=1S/C12H18N2O2/c15-11-5-6-12(16)14(11)8-7-13-9-10-3-1-2-4-10/h5-6,10,13H,1-4,7-9H2. The first-order valence-electron chi connectivity index (χ1n) is 6.01. The summed E-state index contributed by atoms with van der Waals surface area (Å²) in [6, 6.07) is 0. The van der Waals surface area contributed by atoms with E-state index in [9.17, 15) is 9.59 Å². The van der Waals surface area contributed by atoms with E-state index in [-0.39, 0.29) is 11.8 Å². The lowest BCUT2D eigenvalue weighted by Crippen LogP contribution is -2.37. The van der Waals surface area contributed by atoms with Gasteiger partial charge in [-0.3, -0.25) is 14.5 Å². The molecule has 1 fully saturated rings. The van der Waals surface area contributed by atoms with Crippen LogP contribution in [-0.2, 0) is 9.59 Å². The highest BCUT2D eigenvalue weighted by atomic mass is 16.2. The maximum Gasteiger partial charge on any atom is 0.253 e. The van der Waals surface area contributed by atoms with Gasteiger partial charge in [-0.15, -0.1) is 0 Å². The van der Waals surface area contributed by atoms with Crippen LogP contribution >= 0.6 is 0 Å². The summed E-state index contributed by atoms with van der Waals surface area (Å²) in [5, 5.41) is 3.32. The largest absolute Gasteiger partial charge is 0.315 e. The van der Waals surface area contributed by atoms with Gasteiger partial charge < -0.3 is 5.32 Å². The first-order valence-corrected chi connectivity index (χ1v) is 6.01. The molecule has 16 heavy (non-hydrogen) atoms. The van der Waals surface area contributed by atoms with Crippen LogP contribution in [0.25, 0.3) is 0 Å². The summed E-state index contributed by atoms with van der Waals surface area (Å²) in [6.07, 6.45) is 7.99. The smallest absolute Gasteiger partial charge is 0.253 e. The molecule has 0 saturated heterocycles. The minimum atomic E-state index is -0.187. The van der Waals surface area contributed by atoms with Crippen LogP contribution in [0.2, 0.25) is 0 Å². The number of nitrogens with one attached hydrogen (secondary N) is 1. The second-order valence-corrected chi connectivity index (χ2v) is 4.52. The second kappa shape index (κ2) is 5.25. The molecule has 1 aliphatic carbocycles. The average molecular weight is 222 g/mol. The van der Waals surface area contributed by atoms with Crippen LogP contribution in [0.4, 0.5) is 0 Å². The Hall–Kier alpha value is -1.16. The normalized spacial score (nSPS) is 21.4. The molecule has 0 aromatic heterocycles. The topological polar surface area (TPSA) is 49.4 Å². The summed E-state index contributed by atoms with van der Waals surface area (Å²) in [7, 11) is 0. The monoisotopic (exact) mass is 222 g/mol. The van der Waals surface area contributed by atoms with Gasteiger partial charge in [0.1, 0.15) is 0 Å². The Labute approximate surface area is 95.7 Å². The van der Waals surface area contributed by atoms with Gasteiger partial charge in [0.2, 0.25) is 0 Å². The number of imide groups is 1. The molecule has 0 bridgehead atoms. The van der Waals surface area contributed by atoms with Crippen LogP contribution in [0.3, 0.4) is 0 Å². The van der Waals surface area contributed by atoms with Crippen molar-refractivity contribution < 1.29 is 9.59 Å². The molecule has 0 radical (unpaired) electrons. The first kappa shape index (κ1) is 11.3. The Kier molecular flexibility index (Phi) is 3.72. The number of amides is 2. The molecule has 4 nitrogen and oxygen atoms in total. The molecule has 88 valence electrons. The molecule has 1 heterocycles. The fraction of sp³-hybridized carbons (Fsp3) is 0.667. The minimum absolute atomic E-state index is 0.187. The fourth-order valence-electron chi connectivity index (χ4n) is 2.36. The predicted octanol–water partition coefficient (Wildman–Crippen LogP) is 0.691. The quantitative estimate of drug-likeness (QED) is 0.550. The van der Waals surface area contributed by atoms with E-state index in [0.29, 0.717) is 13.1 Å². The molecule has 1 saturated carbocycles. The highest BCUT2D eigenvalue weighted by Crippen LogP contribution is 2.23. The van der Waals surface area contributed by atoms with Crippen LogP contribution < -0.4 is 5.32 Å². The fourth-order valence-corrected chi connectivity index (χ4v) is 2.36. The molecular formula is C12H18N2O2. The number of hydrogen-bond acceptors (Lipinski definition) is 3. The lowest BCUT2D eigenvalue weighted by Gasteiger charge is -2.15. The molecule has 0 spiro atoms.